The molecule has 2 rings (SSSR count). The van der Waals surface area contributed by atoms with Crippen LogP contribution in [0.2, 0.25) is 5.02 Å². The number of nitrogens with zero attached hydrogens (tertiary/aromatic N) is 1. The van der Waals surface area contributed by atoms with Crippen molar-refractivity contribution < 1.29 is 24.2 Å². The molecule has 1 aromatic carbocycles. The molecule has 1 aromatic rings. The molecule has 1 aliphatic rings. The first-order valence-electron chi connectivity index (χ1n) is 6.48. The molecule has 0 bridgehead atoms. The number of carbonyl (C=O) groups is 2. The number of halogens is 1. The van der Waals surface area contributed by atoms with Gasteiger partial charge in [-0.3, -0.25) is 4.79 Å². The zero-order chi connectivity index (χ0) is 15.4. The predicted molar refractivity (Wildman–Crippen MR) is 75.6 cm³/mol. The highest BCUT2D eigenvalue weighted by Gasteiger charge is 2.29. The van der Waals surface area contributed by atoms with Crippen molar-refractivity contribution in [1.29, 1.82) is 0 Å². The Morgan fingerprint density at radius 1 is 1.52 bits per heavy atom. The van der Waals surface area contributed by atoms with Crippen molar-refractivity contribution in [3.05, 3.63) is 28.8 Å². The first kappa shape index (κ1) is 15.6. The molecule has 1 atom stereocenters. The van der Waals surface area contributed by atoms with Gasteiger partial charge in [-0.25, -0.2) is 4.79 Å². The second-order valence-corrected chi connectivity index (χ2v) is 5.17. The largest absolute Gasteiger partial charge is 0.483 e. The number of rotatable bonds is 4. The summed E-state index contributed by atoms with van der Waals surface area (Å²) in [5.41, 5.74) is 0.834. The minimum atomic E-state index is -1.07. The fraction of sp³-hybridized carbons (Fsp3) is 0.429. The monoisotopic (exact) mass is 313 g/mol. The highest BCUT2D eigenvalue weighted by Crippen LogP contribution is 2.21. The third-order valence-corrected chi connectivity index (χ3v) is 3.42. The van der Waals surface area contributed by atoms with Gasteiger partial charge in [-0.2, -0.15) is 0 Å². The van der Waals surface area contributed by atoms with Gasteiger partial charge in [0.05, 0.1) is 13.2 Å². The standard InChI is InChI=1S/C14H16ClNO5/c1-9-6-10(15)2-3-11(9)21-8-13(17)16-4-5-20-12(7-16)14(18)19/h2-3,6,12H,4-5,7-8H2,1H3,(H,18,19)/t12-/m0/s1. The molecule has 1 fully saturated rings. The molecule has 7 heteroatoms. The van der Waals surface area contributed by atoms with Crippen LogP contribution < -0.4 is 4.74 Å². The topological polar surface area (TPSA) is 76.1 Å². The number of aliphatic carboxylic acids is 1. The van der Waals surface area contributed by atoms with Crippen LogP contribution in [0.3, 0.4) is 0 Å². The normalized spacial score (nSPS) is 18.4. The highest BCUT2D eigenvalue weighted by molar-refractivity contribution is 6.30. The molecule has 1 N–H and O–H groups in total. The number of hydrogen-bond donors (Lipinski definition) is 1. The summed E-state index contributed by atoms with van der Waals surface area (Å²) in [6, 6.07) is 5.13. The molecular weight excluding hydrogens is 298 g/mol. The Morgan fingerprint density at radius 2 is 2.29 bits per heavy atom. The van der Waals surface area contributed by atoms with Gasteiger partial charge < -0.3 is 19.5 Å². The highest BCUT2D eigenvalue weighted by atomic mass is 35.5. The number of benzene rings is 1. The van der Waals surface area contributed by atoms with E-state index in [1.165, 1.54) is 4.90 Å². The molecule has 1 aliphatic heterocycles. The third-order valence-electron chi connectivity index (χ3n) is 3.18. The van der Waals surface area contributed by atoms with Crippen LogP contribution in [0.4, 0.5) is 0 Å². The lowest BCUT2D eigenvalue weighted by Crippen LogP contribution is -2.49. The maximum absolute atomic E-state index is 12.0. The minimum Gasteiger partial charge on any atom is -0.483 e. The molecule has 1 amide bonds. The third kappa shape index (κ3) is 4.09. The summed E-state index contributed by atoms with van der Waals surface area (Å²) in [6.07, 6.45) is -0.972. The number of hydrogen-bond acceptors (Lipinski definition) is 4. The Bertz CT molecular complexity index is 548. The minimum absolute atomic E-state index is 0.0388. The van der Waals surface area contributed by atoms with E-state index in [0.717, 1.165) is 5.56 Å². The van der Waals surface area contributed by atoms with Gasteiger partial charge in [0, 0.05) is 11.6 Å². The SMILES string of the molecule is Cc1cc(Cl)ccc1OCC(=O)N1CCO[C@H](C(=O)O)C1. The number of aryl methyl sites for hydroxylation is 1. The molecule has 0 saturated carbocycles. The zero-order valence-electron chi connectivity index (χ0n) is 11.5. The maximum Gasteiger partial charge on any atom is 0.334 e. The summed E-state index contributed by atoms with van der Waals surface area (Å²) >= 11 is 5.85. The van der Waals surface area contributed by atoms with Crippen LogP contribution >= 0.6 is 11.6 Å². The average Bonchev–Trinajstić information content (AvgIpc) is 2.46. The number of ether oxygens (including phenoxy) is 2. The summed E-state index contributed by atoms with van der Waals surface area (Å²) in [6.45, 7) is 2.31. The van der Waals surface area contributed by atoms with Crippen molar-refractivity contribution in [3.8, 4) is 5.75 Å². The van der Waals surface area contributed by atoms with Crippen LogP contribution in [0, 0.1) is 6.92 Å². The summed E-state index contributed by atoms with van der Waals surface area (Å²) in [7, 11) is 0. The van der Waals surface area contributed by atoms with Gasteiger partial charge in [-0.1, -0.05) is 11.6 Å². The summed E-state index contributed by atoms with van der Waals surface area (Å²) in [4.78, 5) is 24.4. The van der Waals surface area contributed by atoms with E-state index in [2.05, 4.69) is 0 Å². The number of carbonyl (C=O) groups excluding carboxylic acids is 1. The Balaban J connectivity index is 1.90. The molecular formula is C14H16ClNO5. The zero-order valence-corrected chi connectivity index (χ0v) is 12.3. The van der Waals surface area contributed by atoms with Crippen molar-refractivity contribution in [2.24, 2.45) is 0 Å². The second kappa shape index (κ2) is 6.78. The van der Waals surface area contributed by atoms with Gasteiger partial charge in [-0.15, -0.1) is 0 Å². The van der Waals surface area contributed by atoms with E-state index < -0.39 is 12.1 Å². The Hall–Kier alpha value is -1.79. The fourth-order valence-corrected chi connectivity index (χ4v) is 2.26. The molecule has 1 saturated heterocycles. The molecule has 0 radical (unpaired) electrons. The van der Waals surface area contributed by atoms with E-state index in [0.29, 0.717) is 17.3 Å². The average molecular weight is 314 g/mol. The van der Waals surface area contributed by atoms with E-state index in [1.54, 1.807) is 18.2 Å². The van der Waals surface area contributed by atoms with Crippen molar-refractivity contribution in [2.75, 3.05) is 26.3 Å². The molecule has 0 unspecified atom stereocenters. The molecule has 6 nitrogen and oxygen atoms in total. The lowest BCUT2D eigenvalue weighted by atomic mass is 10.2. The maximum atomic E-state index is 12.0. The van der Waals surface area contributed by atoms with Gasteiger partial charge >= 0.3 is 5.97 Å². The molecule has 0 spiro atoms. The number of carboxylic acids is 1. The Labute approximate surface area is 127 Å². The van der Waals surface area contributed by atoms with Gasteiger partial charge in [-0.05, 0) is 30.7 Å². The van der Waals surface area contributed by atoms with Crippen LogP contribution in [0.1, 0.15) is 5.56 Å². The van der Waals surface area contributed by atoms with Crippen LogP contribution in [0.25, 0.3) is 0 Å². The van der Waals surface area contributed by atoms with Crippen molar-refractivity contribution in [1.82, 2.24) is 4.90 Å². The van der Waals surface area contributed by atoms with Gasteiger partial charge in [0.2, 0.25) is 0 Å². The van der Waals surface area contributed by atoms with E-state index in [1.807, 2.05) is 6.92 Å². The molecule has 0 aromatic heterocycles. The van der Waals surface area contributed by atoms with Crippen LogP contribution in [0.15, 0.2) is 18.2 Å². The van der Waals surface area contributed by atoms with Crippen LogP contribution in [0.5, 0.6) is 5.75 Å². The van der Waals surface area contributed by atoms with Crippen molar-refractivity contribution in [2.45, 2.75) is 13.0 Å². The fourth-order valence-electron chi connectivity index (χ4n) is 2.03. The quantitative estimate of drug-likeness (QED) is 0.908. The smallest absolute Gasteiger partial charge is 0.334 e. The van der Waals surface area contributed by atoms with Gasteiger partial charge in [0.25, 0.3) is 5.91 Å². The van der Waals surface area contributed by atoms with E-state index in [9.17, 15) is 9.59 Å². The van der Waals surface area contributed by atoms with Crippen LogP contribution in [-0.2, 0) is 14.3 Å². The van der Waals surface area contributed by atoms with Crippen molar-refractivity contribution >= 4 is 23.5 Å². The number of carboxylic acid groups (broad SMARTS) is 1. The van der Waals surface area contributed by atoms with E-state index in [4.69, 9.17) is 26.2 Å². The Morgan fingerprint density at radius 3 is 2.95 bits per heavy atom. The first-order valence-corrected chi connectivity index (χ1v) is 6.86. The summed E-state index contributed by atoms with van der Waals surface area (Å²) in [5.74, 6) is -0.753. The molecule has 0 aliphatic carbocycles. The van der Waals surface area contributed by atoms with Crippen molar-refractivity contribution in [3.63, 3.8) is 0 Å². The van der Waals surface area contributed by atoms with E-state index >= 15 is 0 Å². The molecule has 1 heterocycles. The summed E-state index contributed by atoms with van der Waals surface area (Å²) < 4.78 is 10.5. The van der Waals surface area contributed by atoms with Gasteiger partial charge in [0.1, 0.15) is 5.75 Å². The van der Waals surface area contributed by atoms with E-state index in [-0.39, 0.29) is 25.7 Å². The second-order valence-electron chi connectivity index (χ2n) is 4.74. The predicted octanol–water partition coefficient (Wildman–Crippen LogP) is 1.34. The summed E-state index contributed by atoms with van der Waals surface area (Å²) in [5, 5.41) is 9.50. The molecule has 114 valence electrons. The van der Waals surface area contributed by atoms with Crippen LogP contribution in [-0.4, -0.2) is 54.3 Å². The first-order chi connectivity index (χ1) is 9.97. The molecule has 21 heavy (non-hydrogen) atoms. The Kier molecular flexibility index (Phi) is 5.03. The lowest BCUT2D eigenvalue weighted by molar-refractivity contribution is -0.159. The number of amides is 1. The number of morpholine rings is 1. The van der Waals surface area contributed by atoms with Gasteiger partial charge in [0.15, 0.2) is 12.7 Å². The lowest BCUT2D eigenvalue weighted by Gasteiger charge is -2.30.